The molecule has 0 radical (unpaired) electrons. The molecule has 2 N–H and O–H groups in total. The molecule has 0 heterocycles. The van der Waals surface area contributed by atoms with Crippen LogP contribution in [0.3, 0.4) is 0 Å². The van der Waals surface area contributed by atoms with Crippen LogP contribution >= 0.6 is 15.9 Å². The number of sulfonamides is 1. The van der Waals surface area contributed by atoms with Crippen LogP contribution in [0.15, 0.2) is 27.6 Å². The molecule has 1 atom stereocenters. The molecule has 0 spiro atoms. The minimum absolute atomic E-state index is 0.0716. The van der Waals surface area contributed by atoms with Crippen LogP contribution in [-0.2, 0) is 14.8 Å². The molecule has 0 amide bonds. The molecule has 0 aliphatic carbocycles. The van der Waals surface area contributed by atoms with E-state index in [0.717, 1.165) is 0 Å². The van der Waals surface area contributed by atoms with Gasteiger partial charge in [-0.25, -0.2) is 8.42 Å². The average Bonchev–Trinajstić information content (AvgIpc) is 2.27. The summed E-state index contributed by atoms with van der Waals surface area (Å²) in [6, 6.07) is 3.64. The number of hydrogen-bond donors (Lipinski definition) is 2. The Morgan fingerprint density at radius 2 is 1.90 bits per heavy atom. The van der Waals surface area contributed by atoms with Gasteiger partial charge in [0.25, 0.3) is 0 Å². The predicted molar refractivity (Wildman–Crippen MR) is 80.1 cm³/mol. The number of aryl methyl sites for hydroxylation is 1. The first-order valence-corrected chi connectivity index (χ1v) is 8.24. The fourth-order valence-corrected chi connectivity index (χ4v) is 3.86. The molecule has 1 aromatic carbocycles. The lowest BCUT2D eigenvalue weighted by atomic mass is 9.88. The molecule has 0 fully saturated rings. The first-order chi connectivity index (χ1) is 8.95. The summed E-state index contributed by atoms with van der Waals surface area (Å²) >= 11 is 3.21. The number of carboxylic acid groups (broad SMARTS) is 1. The maximum Gasteiger partial charge on any atom is 0.322 e. The van der Waals surface area contributed by atoms with Gasteiger partial charge in [0.1, 0.15) is 6.04 Å². The highest BCUT2D eigenvalue weighted by Gasteiger charge is 2.35. The molecular weight excluding hydrogens is 346 g/mol. The Hall–Kier alpha value is -0.920. The third kappa shape index (κ3) is 4.04. The monoisotopic (exact) mass is 363 g/mol. The van der Waals surface area contributed by atoms with Gasteiger partial charge in [-0.3, -0.25) is 4.79 Å². The molecule has 1 rings (SSSR count). The van der Waals surface area contributed by atoms with Crippen molar-refractivity contribution in [2.45, 2.75) is 38.6 Å². The fourth-order valence-electron chi connectivity index (χ4n) is 1.68. The predicted octanol–water partition coefficient (Wildman–Crippen LogP) is 2.54. The van der Waals surface area contributed by atoms with Gasteiger partial charge < -0.3 is 5.11 Å². The van der Waals surface area contributed by atoms with Crippen molar-refractivity contribution in [1.82, 2.24) is 4.72 Å². The second-order valence-electron chi connectivity index (χ2n) is 5.67. The molecule has 112 valence electrons. The SMILES string of the molecule is Cc1ccc(Br)cc1S(=O)(=O)N[C@@H](C(=O)O)C(C)(C)C. The van der Waals surface area contributed by atoms with Crippen LogP contribution in [-0.4, -0.2) is 25.5 Å². The Morgan fingerprint density at radius 3 is 2.35 bits per heavy atom. The number of rotatable bonds is 4. The van der Waals surface area contributed by atoms with E-state index >= 15 is 0 Å². The van der Waals surface area contributed by atoms with Gasteiger partial charge in [0.05, 0.1) is 4.90 Å². The molecule has 0 saturated carbocycles. The Balaban J connectivity index is 3.24. The van der Waals surface area contributed by atoms with Gasteiger partial charge in [0.15, 0.2) is 0 Å². The van der Waals surface area contributed by atoms with E-state index in [9.17, 15) is 18.3 Å². The van der Waals surface area contributed by atoms with Gasteiger partial charge in [-0.1, -0.05) is 42.8 Å². The lowest BCUT2D eigenvalue weighted by Gasteiger charge is -2.27. The third-order valence-electron chi connectivity index (χ3n) is 2.83. The van der Waals surface area contributed by atoms with Crippen LogP contribution in [0.1, 0.15) is 26.3 Å². The summed E-state index contributed by atoms with van der Waals surface area (Å²) in [6.45, 7) is 6.67. The number of aliphatic carboxylic acids is 1. The smallest absolute Gasteiger partial charge is 0.322 e. The highest BCUT2D eigenvalue weighted by Crippen LogP contribution is 2.24. The van der Waals surface area contributed by atoms with Gasteiger partial charge in [0, 0.05) is 4.47 Å². The summed E-state index contributed by atoms with van der Waals surface area (Å²) in [5.74, 6) is -1.20. The minimum Gasteiger partial charge on any atom is -0.480 e. The standard InChI is InChI=1S/C13H18BrNO4S/c1-8-5-6-9(14)7-10(8)20(18,19)15-11(12(16)17)13(2,3)4/h5-7,11,15H,1-4H3,(H,16,17)/t11-/m0/s1. The first-order valence-electron chi connectivity index (χ1n) is 5.96. The maximum atomic E-state index is 12.4. The van der Waals surface area contributed by atoms with E-state index < -0.39 is 27.4 Å². The number of hydrogen-bond acceptors (Lipinski definition) is 3. The number of carboxylic acids is 1. The summed E-state index contributed by atoms with van der Waals surface area (Å²) in [4.78, 5) is 11.3. The second kappa shape index (κ2) is 5.83. The Labute approximate surface area is 127 Å². The largest absolute Gasteiger partial charge is 0.480 e. The molecule has 0 aliphatic heterocycles. The third-order valence-corrected chi connectivity index (χ3v) is 4.88. The number of nitrogens with one attached hydrogen (secondary N) is 1. The summed E-state index contributed by atoms with van der Waals surface area (Å²) in [5, 5.41) is 9.21. The lowest BCUT2D eigenvalue weighted by Crippen LogP contribution is -2.49. The van der Waals surface area contributed by atoms with Crippen molar-refractivity contribution in [3.8, 4) is 0 Å². The molecule has 20 heavy (non-hydrogen) atoms. The number of benzene rings is 1. The molecule has 1 aromatic rings. The number of carbonyl (C=O) groups is 1. The molecule has 7 heteroatoms. The maximum absolute atomic E-state index is 12.4. The summed E-state index contributed by atoms with van der Waals surface area (Å²) in [6.07, 6.45) is 0. The highest BCUT2D eigenvalue weighted by atomic mass is 79.9. The quantitative estimate of drug-likeness (QED) is 0.860. The van der Waals surface area contributed by atoms with Crippen molar-refractivity contribution < 1.29 is 18.3 Å². The molecule has 0 saturated heterocycles. The van der Waals surface area contributed by atoms with E-state index in [2.05, 4.69) is 20.7 Å². The van der Waals surface area contributed by atoms with Crippen LogP contribution in [0, 0.1) is 12.3 Å². The second-order valence-corrected chi connectivity index (χ2v) is 8.27. The van der Waals surface area contributed by atoms with Crippen molar-refractivity contribution in [2.24, 2.45) is 5.41 Å². The van der Waals surface area contributed by atoms with E-state index in [1.165, 1.54) is 6.07 Å². The van der Waals surface area contributed by atoms with E-state index in [-0.39, 0.29) is 4.90 Å². The lowest BCUT2D eigenvalue weighted by molar-refractivity contribution is -0.141. The zero-order valence-electron chi connectivity index (χ0n) is 11.8. The van der Waals surface area contributed by atoms with E-state index in [4.69, 9.17) is 0 Å². The fraction of sp³-hybridized carbons (Fsp3) is 0.462. The van der Waals surface area contributed by atoms with Crippen molar-refractivity contribution >= 4 is 31.9 Å². The van der Waals surface area contributed by atoms with E-state index in [0.29, 0.717) is 10.0 Å². The molecule has 0 aromatic heterocycles. The van der Waals surface area contributed by atoms with Crippen LogP contribution in [0.5, 0.6) is 0 Å². The van der Waals surface area contributed by atoms with Crippen LogP contribution in [0.25, 0.3) is 0 Å². The van der Waals surface area contributed by atoms with Crippen molar-refractivity contribution in [3.63, 3.8) is 0 Å². The van der Waals surface area contributed by atoms with Crippen LogP contribution < -0.4 is 4.72 Å². The van der Waals surface area contributed by atoms with Gasteiger partial charge in [-0.15, -0.1) is 0 Å². The number of halogens is 1. The summed E-state index contributed by atoms with van der Waals surface area (Å²) < 4.78 is 27.6. The highest BCUT2D eigenvalue weighted by molar-refractivity contribution is 9.10. The molecular formula is C13H18BrNO4S. The van der Waals surface area contributed by atoms with E-state index in [1.54, 1.807) is 39.8 Å². The Bertz CT molecular complexity index is 620. The van der Waals surface area contributed by atoms with Gasteiger partial charge in [-0.05, 0) is 30.0 Å². The van der Waals surface area contributed by atoms with Crippen molar-refractivity contribution in [3.05, 3.63) is 28.2 Å². The van der Waals surface area contributed by atoms with Crippen molar-refractivity contribution in [2.75, 3.05) is 0 Å². The zero-order chi connectivity index (χ0) is 15.7. The van der Waals surface area contributed by atoms with Gasteiger partial charge in [-0.2, -0.15) is 4.72 Å². The Kier molecular flexibility index (Phi) is 4.99. The summed E-state index contributed by atoms with van der Waals surface area (Å²) in [5.41, 5.74) is -0.183. The van der Waals surface area contributed by atoms with Gasteiger partial charge >= 0.3 is 5.97 Å². The average molecular weight is 364 g/mol. The molecule has 0 bridgehead atoms. The Morgan fingerprint density at radius 1 is 1.35 bits per heavy atom. The normalized spacial score (nSPS) is 14.1. The molecule has 5 nitrogen and oxygen atoms in total. The van der Waals surface area contributed by atoms with Crippen LogP contribution in [0.2, 0.25) is 0 Å². The zero-order valence-corrected chi connectivity index (χ0v) is 14.2. The molecule has 0 aliphatic rings. The van der Waals surface area contributed by atoms with Crippen LogP contribution in [0.4, 0.5) is 0 Å². The minimum atomic E-state index is -3.90. The molecule has 0 unspecified atom stereocenters. The summed E-state index contributed by atoms with van der Waals surface area (Å²) in [7, 11) is -3.90. The van der Waals surface area contributed by atoms with Gasteiger partial charge in [0.2, 0.25) is 10.0 Å². The first kappa shape index (κ1) is 17.1. The topological polar surface area (TPSA) is 83.5 Å². The van der Waals surface area contributed by atoms with E-state index in [1.807, 2.05) is 0 Å². The van der Waals surface area contributed by atoms with Crippen molar-refractivity contribution in [1.29, 1.82) is 0 Å².